The van der Waals surface area contributed by atoms with E-state index >= 15 is 0 Å². The van der Waals surface area contributed by atoms with E-state index in [1.807, 2.05) is 19.1 Å². The molecule has 0 radical (unpaired) electrons. The molecule has 0 aliphatic carbocycles. The van der Waals surface area contributed by atoms with Crippen molar-refractivity contribution in [3.05, 3.63) is 23.7 Å². The number of alkyl halides is 1. The fourth-order valence-electron chi connectivity index (χ4n) is 1.63. The molecule has 2 aromatic rings. The molecule has 0 aliphatic rings. The lowest BCUT2D eigenvalue weighted by atomic mass is 10.3. The summed E-state index contributed by atoms with van der Waals surface area (Å²) in [6.45, 7) is 2.09. The summed E-state index contributed by atoms with van der Waals surface area (Å²) in [5, 5.41) is 2.58. The minimum atomic E-state index is -0.0982. The number of nitrogens with one attached hydrogen (secondary N) is 1. The molecule has 0 fully saturated rings. The number of fused-ring (bicyclic) bond motifs is 1. The van der Waals surface area contributed by atoms with Gasteiger partial charge in [0.05, 0.1) is 5.88 Å². The van der Waals surface area contributed by atoms with Gasteiger partial charge in [-0.1, -0.05) is 0 Å². The summed E-state index contributed by atoms with van der Waals surface area (Å²) < 4.78 is 1.74. The first kappa shape index (κ1) is 11.9. The second-order valence-electron chi connectivity index (χ2n) is 3.72. The third-order valence-corrected chi connectivity index (χ3v) is 2.75. The Morgan fingerprint density at radius 3 is 2.88 bits per heavy atom. The first-order chi connectivity index (χ1) is 8.15. The smallest absolute Gasteiger partial charge is 0.239 e. The number of nitrogens with zero attached hydrogens (tertiary/aromatic N) is 3. The molecule has 0 aromatic carbocycles. The van der Waals surface area contributed by atoms with Crippen molar-refractivity contribution in [3.8, 4) is 0 Å². The Bertz CT molecular complexity index is 564. The molecule has 6 heteroatoms. The second kappa shape index (κ2) is 4.71. The third-order valence-electron chi connectivity index (χ3n) is 2.51. The Balaban J connectivity index is 2.56. The van der Waals surface area contributed by atoms with E-state index in [0.717, 1.165) is 11.2 Å². The summed E-state index contributed by atoms with van der Waals surface area (Å²) in [6.07, 6.45) is 0. The predicted octanol–water partition coefficient (Wildman–Crippen LogP) is 1.22. The molecule has 0 unspecified atom stereocenters. The minimum Gasteiger partial charge on any atom is -0.358 e. The summed E-state index contributed by atoms with van der Waals surface area (Å²) in [5.74, 6) is 0.814. The molecule has 17 heavy (non-hydrogen) atoms. The molecule has 2 rings (SSSR count). The van der Waals surface area contributed by atoms with E-state index in [2.05, 4.69) is 15.3 Å². The third kappa shape index (κ3) is 2.24. The van der Waals surface area contributed by atoms with Crippen molar-refractivity contribution in [2.45, 2.75) is 19.3 Å². The van der Waals surface area contributed by atoms with Gasteiger partial charge >= 0.3 is 0 Å². The van der Waals surface area contributed by atoms with Crippen LogP contribution in [0.5, 0.6) is 0 Å². The highest BCUT2D eigenvalue weighted by molar-refractivity contribution is 6.16. The fourth-order valence-corrected chi connectivity index (χ4v) is 1.84. The van der Waals surface area contributed by atoms with E-state index in [1.54, 1.807) is 11.6 Å². The topological polar surface area (TPSA) is 59.8 Å². The van der Waals surface area contributed by atoms with Crippen LogP contribution in [0.25, 0.3) is 11.2 Å². The normalized spacial score (nSPS) is 10.8. The van der Waals surface area contributed by atoms with Crippen LogP contribution >= 0.6 is 11.6 Å². The summed E-state index contributed by atoms with van der Waals surface area (Å²) in [6, 6.07) is 3.77. The summed E-state index contributed by atoms with van der Waals surface area (Å²) in [7, 11) is 1.60. The summed E-state index contributed by atoms with van der Waals surface area (Å²) in [5.41, 5.74) is 2.34. The molecule has 0 aliphatic heterocycles. The molecule has 1 N–H and O–H groups in total. The minimum absolute atomic E-state index is 0.0982. The number of likely N-dealkylation sites (N-methyl/N-ethyl adjacent to an activating group) is 1. The van der Waals surface area contributed by atoms with Crippen molar-refractivity contribution in [2.75, 3.05) is 7.05 Å². The van der Waals surface area contributed by atoms with Gasteiger partial charge in [-0.2, -0.15) is 0 Å². The van der Waals surface area contributed by atoms with E-state index in [0.29, 0.717) is 11.5 Å². The van der Waals surface area contributed by atoms with Crippen LogP contribution in [0.2, 0.25) is 0 Å². The average molecular weight is 253 g/mol. The van der Waals surface area contributed by atoms with Crippen molar-refractivity contribution in [1.29, 1.82) is 0 Å². The van der Waals surface area contributed by atoms with E-state index in [1.165, 1.54) is 0 Å². The van der Waals surface area contributed by atoms with Crippen LogP contribution in [-0.4, -0.2) is 27.5 Å². The lowest BCUT2D eigenvalue weighted by molar-refractivity contribution is -0.121. The van der Waals surface area contributed by atoms with Crippen LogP contribution in [0, 0.1) is 6.92 Å². The molecule has 2 heterocycles. The van der Waals surface area contributed by atoms with E-state index in [-0.39, 0.29) is 18.3 Å². The molecule has 0 bridgehead atoms. The van der Waals surface area contributed by atoms with Crippen molar-refractivity contribution in [2.24, 2.45) is 0 Å². The number of imidazole rings is 1. The van der Waals surface area contributed by atoms with Gasteiger partial charge in [-0.05, 0) is 19.1 Å². The highest BCUT2D eigenvalue weighted by atomic mass is 35.5. The number of aromatic nitrogens is 3. The zero-order valence-electron chi connectivity index (χ0n) is 9.70. The van der Waals surface area contributed by atoms with Gasteiger partial charge in [0.15, 0.2) is 5.65 Å². The van der Waals surface area contributed by atoms with Gasteiger partial charge in [0.25, 0.3) is 0 Å². The number of hydrogen-bond donors (Lipinski definition) is 1. The number of pyridine rings is 1. The molecule has 0 spiro atoms. The quantitative estimate of drug-likeness (QED) is 0.836. The van der Waals surface area contributed by atoms with E-state index in [4.69, 9.17) is 11.6 Å². The lowest BCUT2D eigenvalue weighted by Gasteiger charge is -2.05. The number of rotatable bonds is 3. The van der Waals surface area contributed by atoms with Gasteiger partial charge in [0, 0.05) is 12.7 Å². The number of carbonyl (C=O) groups excluding carboxylic acids is 1. The molecule has 5 nitrogen and oxygen atoms in total. The lowest BCUT2D eigenvalue weighted by Crippen LogP contribution is -2.24. The van der Waals surface area contributed by atoms with Crippen LogP contribution in [0.4, 0.5) is 0 Å². The molecule has 0 atom stereocenters. The van der Waals surface area contributed by atoms with Crippen LogP contribution in [0.15, 0.2) is 12.1 Å². The van der Waals surface area contributed by atoms with Crippen LogP contribution in [-0.2, 0) is 17.2 Å². The van der Waals surface area contributed by atoms with Crippen LogP contribution in [0.1, 0.15) is 11.5 Å². The van der Waals surface area contributed by atoms with Crippen LogP contribution < -0.4 is 5.32 Å². The molecular weight excluding hydrogens is 240 g/mol. The van der Waals surface area contributed by atoms with Crippen molar-refractivity contribution >= 4 is 28.7 Å². The maximum atomic E-state index is 11.4. The van der Waals surface area contributed by atoms with Crippen LogP contribution in [0.3, 0.4) is 0 Å². The van der Waals surface area contributed by atoms with E-state index in [9.17, 15) is 4.79 Å². The Morgan fingerprint density at radius 2 is 2.24 bits per heavy atom. The average Bonchev–Trinajstić information content (AvgIpc) is 2.67. The Labute approximate surface area is 104 Å². The molecule has 0 saturated carbocycles. The molecule has 0 saturated heterocycles. The van der Waals surface area contributed by atoms with E-state index < -0.39 is 0 Å². The Hall–Kier alpha value is -1.62. The Kier molecular flexibility index (Phi) is 3.28. The zero-order chi connectivity index (χ0) is 12.4. The zero-order valence-corrected chi connectivity index (χ0v) is 10.5. The number of amides is 1. The molecular formula is C11H13ClN4O. The largest absolute Gasteiger partial charge is 0.358 e. The standard InChI is InChI=1S/C11H13ClN4O/c1-7-3-4-8-11(14-7)16(6-10(17)13-2)9(5-12)15-8/h3-4H,5-6H2,1-2H3,(H,13,17). The van der Waals surface area contributed by atoms with Gasteiger partial charge in [0.1, 0.15) is 17.9 Å². The molecule has 90 valence electrons. The summed E-state index contributed by atoms with van der Waals surface area (Å²) in [4.78, 5) is 20.2. The highest BCUT2D eigenvalue weighted by Crippen LogP contribution is 2.16. The summed E-state index contributed by atoms with van der Waals surface area (Å²) >= 11 is 5.83. The number of aryl methyl sites for hydroxylation is 1. The molecule has 1 amide bonds. The first-order valence-electron chi connectivity index (χ1n) is 5.25. The van der Waals surface area contributed by atoms with Crippen molar-refractivity contribution < 1.29 is 4.79 Å². The van der Waals surface area contributed by atoms with Crippen molar-refractivity contribution in [3.63, 3.8) is 0 Å². The second-order valence-corrected chi connectivity index (χ2v) is 3.98. The predicted molar refractivity (Wildman–Crippen MR) is 65.9 cm³/mol. The van der Waals surface area contributed by atoms with Gasteiger partial charge in [-0.15, -0.1) is 11.6 Å². The number of carbonyl (C=O) groups is 1. The first-order valence-corrected chi connectivity index (χ1v) is 5.78. The SMILES string of the molecule is CNC(=O)Cn1c(CCl)nc2ccc(C)nc21. The monoisotopic (exact) mass is 252 g/mol. The Morgan fingerprint density at radius 1 is 1.47 bits per heavy atom. The number of halogens is 1. The highest BCUT2D eigenvalue weighted by Gasteiger charge is 2.13. The molecule has 2 aromatic heterocycles. The number of hydrogen-bond acceptors (Lipinski definition) is 3. The fraction of sp³-hybridized carbons (Fsp3) is 0.364. The maximum absolute atomic E-state index is 11.4. The maximum Gasteiger partial charge on any atom is 0.239 e. The van der Waals surface area contributed by atoms with Gasteiger partial charge in [-0.25, -0.2) is 9.97 Å². The van der Waals surface area contributed by atoms with Gasteiger partial charge < -0.3 is 9.88 Å². The van der Waals surface area contributed by atoms with Gasteiger partial charge in [-0.3, -0.25) is 4.79 Å². The van der Waals surface area contributed by atoms with Crippen molar-refractivity contribution in [1.82, 2.24) is 19.9 Å². The van der Waals surface area contributed by atoms with Gasteiger partial charge in [0.2, 0.25) is 5.91 Å².